The molecule has 2 aromatic rings. The molecule has 2 rings (SSSR count). The van der Waals surface area contributed by atoms with Crippen LogP contribution in [0.2, 0.25) is 0 Å². The van der Waals surface area contributed by atoms with Gasteiger partial charge in [-0.05, 0) is 43.2 Å². The van der Waals surface area contributed by atoms with Crippen LogP contribution in [-0.4, -0.2) is 9.78 Å². The monoisotopic (exact) mass is 249 g/mol. The molecule has 3 nitrogen and oxygen atoms in total. The minimum Gasteiger partial charge on any atom is -0.308 e. The molecule has 1 N–H and O–H groups in total. The molecule has 17 heavy (non-hydrogen) atoms. The van der Waals surface area contributed by atoms with Gasteiger partial charge in [0.1, 0.15) is 0 Å². The summed E-state index contributed by atoms with van der Waals surface area (Å²) in [5.74, 6) is 0. The van der Waals surface area contributed by atoms with Crippen molar-refractivity contribution in [1.82, 2.24) is 15.1 Å². The number of thiophene rings is 1. The summed E-state index contributed by atoms with van der Waals surface area (Å²) >= 11 is 1.74. The Balaban J connectivity index is 1.85. The predicted molar refractivity (Wildman–Crippen MR) is 72.1 cm³/mol. The van der Waals surface area contributed by atoms with Gasteiger partial charge in [0.15, 0.2) is 0 Å². The van der Waals surface area contributed by atoms with E-state index in [9.17, 15) is 0 Å². The standard InChI is InChI=1S/C13H19N3S/c1-13(2,3)16-9-12(8-15-16)7-14-6-11-4-5-17-10-11/h4-5,8-10,14H,6-7H2,1-3H3. The minimum atomic E-state index is 0.0611. The third-order valence-corrected chi connectivity index (χ3v) is 3.29. The Bertz CT molecular complexity index is 451. The number of aromatic nitrogens is 2. The summed E-state index contributed by atoms with van der Waals surface area (Å²) in [7, 11) is 0. The molecule has 0 aliphatic heterocycles. The van der Waals surface area contributed by atoms with E-state index in [1.807, 2.05) is 10.9 Å². The molecule has 0 spiro atoms. The van der Waals surface area contributed by atoms with Crippen LogP contribution < -0.4 is 5.32 Å². The highest BCUT2D eigenvalue weighted by Gasteiger charge is 2.13. The van der Waals surface area contributed by atoms with Crippen molar-refractivity contribution < 1.29 is 0 Å². The fraction of sp³-hybridized carbons (Fsp3) is 0.462. The maximum atomic E-state index is 4.38. The molecule has 0 amide bonds. The lowest BCUT2D eigenvalue weighted by atomic mass is 10.1. The SMILES string of the molecule is CC(C)(C)n1cc(CNCc2ccsc2)cn1. The molecule has 4 heteroatoms. The van der Waals surface area contributed by atoms with Crippen LogP contribution in [0.25, 0.3) is 0 Å². The molecule has 0 unspecified atom stereocenters. The van der Waals surface area contributed by atoms with Gasteiger partial charge >= 0.3 is 0 Å². The lowest BCUT2D eigenvalue weighted by Gasteiger charge is -2.18. The first-order valence-corrected chi connectivity index (χ1v) is 6.76. The third kappa shape index (κ3) is 3.41. The lowest BCUT2D eigenvalue weighted by molar-refractivity contribution is 0.355. The zero-order chi connectivity index (χ0) is 12.3. The van der Waals surface area contributed by atoms with Crippen molar-refractivity contribution in [1.29, 1.82) is 0 Å². The lowest BCUT2D eigenvalue weighted by Crippen LogP contribution is -2.22. The van der Waals surface area contributed by atoms with Crippen molar-refractivity contribution >= 4 is 11.3 Å². The molecule has 0 atom stereocenters. The summed E-state index contributed by atoms with van der Waals surface area (Å²) in [5.41, 5.74) is 2.64. The fourth-order valence-electron chi connectivity index (χ4n) is 1.56. The first-order valence-electron chi connectivity index (χ1n) is 5.81. The number of rotatable bonds is 4. The second kappa shape index (κ2) is 5.02. The topological polar surface area (TPSA) is 29.9 Å². The molecule has 2 heterocycles. The van der Waals surface area contributed by atoms with Crippen LogP contribution in [0.5, 0.6) is 0 Å². The number of hydrogen-bond donors (Lipinski definition) is 1. The first-order chi connectivity index (χ1) is 8.05. The van der Waals surface area contributed by atoms with Crippen molar-refractivity contribution in [2.75, 3.05) is 0 Å². The van der Waals surface area contributed by atoms with Gasteiger partial charge in [0.25, 0.3) is 0 Å². The molecular formula is C13H19N3S. The Morgan fingerprint density at radius 1 is 1.29 bits per heavy atom. The molecule has 92 valence electrons. The van der Waals surface area contributed by atoms with E-state index in [1.165, 1.54) is 11.1 Å². The zero-order valence-corrected chi connectivity index (χ0v) is 11.4. The van der Waals surface area contributed by atoms with Crippen LogP contribution in [0.4, 0.5) is 0 Å². The maximum Gasteiger partial charge on any atom is 0.0543 e. The van der Waals surface area contributed by atoms with E-state index < -0.39 is 0 Å². The van der Waals surface area contributed by atoms with E-state index in [0.717, 1.165) is 13.1 Å². The smallest absolute Gasteiger partial charge is 0.0543 e. The van der Waals surface area contributed by atoms with E-state index in [1.54, 1.807) is 11.3 Å². The van der Waals surface area contributed by atoms with E-state index in [0.29, 0.717) is 0 Å². The number of hydrogen-bond acceptors (Lipinski definition) is 3. The van der Waals surface area contributed by atoms with Crippen molar-refractivity contribution in [2.45, 2.75) is 39.4 Å². The van der Waals surface area contributed by atoms with Gasteiger partial charge in [-0.1, -0.05) is 0 Å². The van der Waals surface area contributed by atoms with Gasteiger partial charge in [0.05, 0.1) is 11.7 Å². The van der Waals surface area contributed by atoms with Gasteiger partial charge in [-0.3, -0.25) is 4.68 Å². The Morgan fingerprint density at radius 3 is 2.65 bits per heavy atom. The van der Waals surface area contributed by atoms with E-state index >= 15 is 0 Å². The summed E-state index contributed by atoms with van der Waals surface area (Å²) in [4.78, 5) is 0. The molecule has 2 aromatic heterocycles. The maximum absolute atomic E-state index is 4.38. The van der Waals surface area contributed by atoms with Crippen LogP contribution in [-0.2, 0) is 18.6 Å². The minimum absolute atomic E-state index is 0.0611. The van der Waals surface area contributed by atoms with Crippen molar-refractivity contribution in [3.8, 4) is 0 Å². The summed E-state index contributed by atoms with van der Waals surface area (Å²) < 4.78 is 2.01. The Labute approximate surface area is 106 Å². The van der Waals surface area contributed by atoms with Gasteiger partial charge in [0, 0.05) is 24.8 Å². The normalized spacial score (nSPS) is 11.9. The van der Waals surface area contributed by atoms with Gasteiger partial charge < -0.3 is 5.32 Å². The van der Waals surface area contributed by atoms with Crippen molar-refractivity contribution in [2.24, 2.45) is 0 Å². The summed E-state index contributed by atoms with van der Waals surface area (Å²) in [6, 6.07) is 2.15. The molecule has 0 fully saturated rings. The molecule has 0 aromatic carbocycles. The van der Waals surface area contributed by atoms with E-state index in [-0.39, 0.29) is 5.54 Å². The van der Waals surface area contributed by atoms with Crippen LogP contribution in [0.15, 0.2) is 29.2 Å². The highest BCUT2D eigenvalue weighted by molar-refractivity contribution is 7.07. The largest absolute Gasteiger partial charge is 0.308 e. The average Bonchev–Trinajstić information content (AvgIpc) is 2.86. The van der Waals surface area contributed by atoms with E-state index in [4.69, 9.17) is 0 Å². The number of nitrogens with one attached hydrogen (secondary N) is 1. The molecular weight excluding hydrogens is 230 g/mol. The van der Waals surface area contributed by atoms with Crippen molar-refractivity contribution in [3.05, 3.63) is 40.3 Å². The second-order valence-corrected chi connectivity index (χ2v) is 5.98. The van der Waals surface area contributed by atoms with Crippen LogP contribution in [0, 0.1) is 0 Å². The summed E-state index contributed by atoms with van der Waals surface area (Å²) in [6.45, 7) is 8.25. The summed E-state index contributed by atoms with van der Waals surface area (Å²) in [5, 5.41) is 12.1. The van der Waals surface area contributed by atoms with Crippen LogP contribution >= 0.6 is 11.3 Å². The second-order valence-electron chi connectivity index (χ2n) is 5.20. The summed E-state index contributed by atoms with van der Waals surface area (Å²) in [6.07, 6.45) is 4.05. The van der Waals surface area contributed by atoms with E-state index in [2.05, 4.69) is 54.2 Å². The van der Waals surface area contributed by atoms with Gasteiger partial charge in [-0.25, -0.2) is 0 Å². The molecule has 0 saturated carbocycles. The van der Waals surface area contributed by atoms with Gasteiger partial charge in [0.2, 0.25) is 0 Å². The predicted octanol–water partition coefficient (Wildman–Crippen LogP) is 2.99. The Morgan fingerprint density at radius 2 is 2.06 bits per heavy atom. The van der Waals surface area contributed by atoms with Gasteiger partial charge in [-0.15, -0.1) is 0 Å². The highest BCUT2D eigenvalue weighted by atomic mass is 32.1. The highest BCUT2D eigenvalue weighted by Crippen LogP contribution is 2.13. The fourth-order valence-corrected chi connectivity index (χ4v) is 2.23. The molecule has 0 radical (unpaired) electrons. The average molecular weight is 249 g/mol. The zero-order valence-electron chi connectivity index (χ0n) is 10.6. The third-order valence-electron chi connectivity index (χ3n) is 2.56. The quantitative estimate of drug-likeness (QED) is 0.902. The molecule has 0 aliphatic carbocycles. The Hall–Kier alpha value is -1.13. The van der Waals surface area contributed by atoms with Crippen LogP contribution in [0.1, 0.15) is 31.9 Å². The molecule has 0 bridgehead atoms. The Kier molecular flexibility index (Phi) is 3.64. The van der Waals surface area contributed by atoms with Gasteiger partial charge in [-0.2, -0.15) is 16.4 Å². The first kappa shape index (κ1) is 12.3. The molecule has 0 saturated heterocycles. The van der Waals surface area contributed by atoms with Crippen molar-refractivity contribution in [3.63, 3.8) is 0 Å². The van der Waals surface area contributed by atoms with Crippen LogP contribution in [0.3, 0.4) is 0 Å². The number of nitrogens with zero attached hydrogens (tertiary/aromatic N) is 2. The molecule has 0 aliphatic rings.